The summed E-state index contributed by atoms with van der Waals surface area (Å²) in [4.78, 5) is 17.2. The highest BCUT2D eigenvalue weighted by molar-refractivity contribution is 5.84. The van der Waals surface area contributed by atoms with Crippen molar-refractivity contribution in [3.63, 3.8) is 0 Å². The molecule has 0 radical (unpaired) electrons. The molecule has 5 heteroatoms. The van der Waals surface area contributed by atoms with Gasteiger partial charge < -0.3 is 19.9 Å². The fraction of sp³-hybridized carbons (Fsp3) is 0.318. The minimum absolute atomic E-state index is 0.0717. The van der Waals surface area contributed by atoms with Gasteiger partial charge in [0, 0.05) is 43.7 Å². The van der Waals surface area contributed by atoms with Crippen LogP contribution in [0, 0.1) is 0 Å². The fourth-order valence-corrected chi connectivity index (χ4v) is 3.40. The number of ether oxygens (including phenoxy) is 1. The molecule has 1 amide bonds. The molecule has 3 rings (SSSR count). The van der Waals surface area contributed by atoms with Gasteiger partial charge in [-0.15, -0.1) is 0 Å². The van der Waals surface area contributed by atoms with Crippen molar-refractivity contribution in [2.75, 3.05) is 27.7 Å². The van der Waals surface area contributed by atoms with Gasteiger partial charge in [0.1, 0.15) is 5.75 Å². The van der Waals surface area contributed by atoms with Gasteiger partial charge in [0.05, 0.1) is 13.2 Å². The van der Waals surface area contributed by atoms with E-state index in [-0.39, 0.29) is 17.9 Å². The average Bonchev–Trinajstić information content (AvgIpc) is 3.12. The van der Waals surface area contributed by atoms with E-state index in [4.69, 9.17) is 4.74 Å². The summed E-state index contributed by atoms with van der Waals surface area (Å²) in [6.45, 7) is 2.57. The van der Waals surface area contributed by atoms with Gasteiger partial charge >= 0.3 is 0 Å². The maximum atomic E-state index is 12.2. The molecular weight excluding hydrogens is 338 g/mol. The number of rotatable bonds is 7. The lowest BCUT2D eigenvalue weighted by atomic mass is 9.90. The number of benzene rings is 2. The largest absolute Gasteiger partial charge is 0.497 e. The molecule has 0 saturated heterocycles. The standard InChI is InChI=1S/C22H27N3O2/c1-15(22(26)25(2)3)23-13-19(16-9-11-17(27-4)12-10-16)20-14-24-21-8-6-5-7-18(20)21/h5-12,14-15,19,23-24H,13H2,1-4H3/t15-,19-/m1/s1. The summed E-state index contributed by atoms with van der Waals surface area (Å²) in [6, 6.07) is 16.2. The van der Waals surface area contributed by atoms with Gasteiger partial charge in [-0.05, 0) is 36.2 Å². The first-order valence-electron chi connectivity index (χ1n) is 9.15. The number of carbonyl (C=O) groups is 1. The van der Waals surface area contributed by atoms with E-state index in [0.29, 0.717) is 6.54 Å². The number of nitrogens with one attached hydrogen (secondary N) is 2. The van der Waals surface area contributed by atoms with Crippen molar-refractivity contribution in [1.82, 2.24) is 15.2 Å². The Morgan fingerprint density at radius 2 is 1.85 bits per heavy atom. The molecule has 3 aromatic rings. The van der Waals surface area contributed by atoms with Crippen molar-refractivity contribution in [2.45, 2.75) is 18.9 Å². The van der Waals surface area contributed by atoms with Crippen LogP contribution in [0.3, 0.4) is 0 Å². The van der Waals surface area contributed by atoms with Crippen LogP contribution in [0.2, 0.25) is 0 Å². The molecule has 0 saturated carbocycles. The molecule has 0 aliphatic rings. The van der Waals surface area contributed by atoms with E-state index in [1.165, 1.54) is 16.5 Å². The van der Waals surface area contributed by atoms with Gasteiger partial charge in [0.2, 0.25) is 5.91 Å². The maximum absolute atomic E-state index is 12.2. The second-order valence-electron chi connectivity index (χ2n) is 6.98. The van der Waals surface area contributed by atoms with E-state index in [9.17, 15) is 4.79 Å². The summed E-state index contributed by atoms with van der Waals surface area (Å²) in [7, 11) is 5.23. The summed E-state index contributed by atoms with van der Waals surface area (Å²) in [5.74, 6) is 1.02. The zero-order valence-electron chi connectivity index (χ0n) is 16.3. The average molecular weight is 365 g/mol. The fourth-order valence-electron chi connectivity index (χ4n) is 3.40. The highest BCUT2D eigenvalue weighted by atomic mass is 16.5. The van der Waals surface area contributed by atoms with Crippen molar-refractivity contribution < 1.29 is 9.53 Å². The third kappa shape index (κ3) is 4.14. The summed E-state index contributed by atoms with van der Waals surface area (Å²) in [6.07, 6.45) is 2.07. The molecule has 5 nitrogen and oxygen atoms in total. The number of likely N-dealkylation sites (N-methyl/N-ethyl adjacent to an activating group) is 1. The van der Waals surface area contributed by atoms with E-state index in [1.807, 2.05) is 25.1 Å². The van der Waals surface area contributed by atoms with Crippen LogP contribution < -0.4 is 10.1 Å². The van der Waals surface area contributed by atoms with Crippen LogP contribution in [0.15, 0.2) is 54.7 Å². The van der Waals surface area contributed by atoms with Crippen LogP contribution in [0.25, 0.3) is 10.9 Å². The van der Waals surface area contributed by atoms with Crippen LogP contribution in [-0.4, -0.2) is 49.6 Å². The van der Waals surface area contributed by atoms with Crippen molar-refractivity contribution in [3.05, 3.63) is 65.9 Å². The second kappa shape index (κ2) is 8.27. The minimum Gasteiger partial charge on any atom is -0.497 e. The van der Waals surface area contributed by atoms with Crippen LogP contribution in [-0.2, 0) is 4.79 Å². The lowest BCUT2D eigenvalue weighted by Gasteiger charge is -2.23. The summed E-state index contributed by atoms with van der Waals surface area (Å²) in [5, 5.41) is 4.61. The van der Waals surface area contributed by atoms with Crippen LogP contribution in [0.4, 0.5) is 0 Å². The van der Waals surface area contributed by atoms with Crippen molar-refractivity contribution in [3.8, 4) is 5.75 Å². The minimum atomic E-state index is -0.244. The number of para-hydroxylation sites is 1. The number of nitrogens with zero attached hydrogens (tertiary/aromatic N) is 1. The summed E-state index contributed by atoms with van der Waals surface area (Å²) < 4.78 is 5.29. The second-order valence-corrected chi connectivity index (χ2v) is 6.98. The Morgan fingerprint density at radius 1 is 1.15 bits per heavy atom. The first-order chi connectivity index (χ1) is 13.0. The number of aromatic amines is 1. The molecule has 142 valence electrons. The number of aromatic nitrogens is 1. The zero-order chi connectivity index (χ0) is 19.4. The topological polar surface area (TPSA) is 57.4 Å². The Hall–Kier alpha value is -2.79. The van der Waals surface area contributed by atoms with E-state index in [0.717, 1.165) is 11.3 Å². The van der Waals surface area contributed by atoms with Crippen molar-refractivity contribution in [2.24, 2.45) is 0 Å². The number of amides is 1. The molecule has 2 N–H and O–H groups in total. The van der Waals surface area contributed by atoms with Gasteiger partial charge in [-0.3, -0.25) is 4.79 Å². The molecule has 0 unspecified atom stereocenters. The maximum Gasteiger partial charge on any atom is 0.238 e. The molecule has 2 atom stereocenters. The zero-order valence-corrected chi connectivity index (χ0v) is 16.3. The normalized spacial score (nSPS) is 13.3. The Balaban J connectivity index is 1.92. The molecule has 1 heterocycles. The number of hydrogen-bond donors (Lipinski definition) is 2. The number of carbonyl (C=O) groups excluding carboxylic acids is 1. The van der Waals surface area contributed by atoms with Crippen molar-refractivity contribution >= 4 is 16.8 Å². The molecule has 0 aliphatic heterocycles. The quantitative estimate of drug-likeness (QED) is 0.675. The smallest absolute Gasteiger partial charge is 0.238 e. The highest BCUT2D eigenvalue weighted by Crippen LogP contribution is 2.31. The SMILES string of the molecule is COc1ccc([C@@H](CN[C@H](C)C(=O)N(C)C)c2c[nH]c3ccccc23)cc1. The van der Waals surface area contributed by atoms with Gasteiger partial charge in [0.15, 0.2) is 0 Å². The molecular formula is C22H27N3O2. The molecule has 27 heavy (non-hydrogen) atoms. The van der Waals surface area contributed by atoms with E-state index in [1.54, 1.807) is 26.1 Å². The van der Waals surface area contributed by atoms with E-state index >= 15 is 0 Å². The Labute approximate surface area is 160 Å². The third-order valence-corrected chi connectivity index (χ3v) is 4.95. The van der Waals surface area contributed by atoms with Gasteiger partial charge in [-0.1, -0.05) is 30.3 Å². The van der Waals surface area contributed by atoms with Gasteiger partial charge in [0.25, 0.3) is 0 Å². The Bertz CT molecular complexity index is 899. The monoisotopic (exact) mass is 365 g/mol. The third-order valence-electron chi connectivity index (χ3n) is 4.95. The molecule has 0 spiro atoms. The molecule has 0 bridgehead atoms. The highest BCUT2D eigenvalue weighted by Gasteiger charge is 2.21. The summed E-state index contributed by atoms with van der Waals surface area (Å²) >= 11 is 0. The molecule has 0 fully saturated rings. The number of fused-ring (bicyclic) bond motifs is 1. The predicted molar refractivity (Wildman–Crippen MR) is 109 cm³/mol. The van der Waals surface area contributed by atoms with Crippen molar-refractivity contribution in [1.29, 1.82) is 0 Å². The van der Waals surface area contributed by atoms with Gasteiger partial charge in [-0.25, -0.2) is 0 Å². The van der Waals surface area contributed by atoms with Crippen LogP contribution >= 0.6 is 0 Å². The number of methoxy groups -OCH3 is 1. The predicted octanol–water partition coefficient (Wildman–Crippen LogP) is 3.37. The van der Waals surface area contributed by atoms with Crippen LogP contribution in [0.1, 0.15) is 24.0 Å². The lowest BCUT2D eigenvalue weighted by Crippen LogP contribution is -2.43. The Kier molecular flexibility index (Phi) is 5.81. The molecule has 0 aliphatic carbocycles. The van der Waals surface area contributed by atoms with E-state index in [2.05, 4.69) is 46.8 Å². The molecule has 1 aromatic heterocycles. The van der Waals surface area contributed by atoms with E-state index < -0.39 is 0 Å². The number of hydrogen-bond acceptors (Lipinski definition) is 3. The van der Waals surface area contributed by atoms with Gasteiger partial charge in [-0.2, -0.15) is 0 Å². The molecule has 2 aromatic carbocycles. The Morgan fingerprint density at radius 3 is 2.52 bits per heavy atom. The first-order valence-corrected chi connectivity index (χ1v) is 9.15. The number of H-pyrrole nitrogens is 1. The van der Waals surface area contributed by atoms with Crippen LogP contribution in [0.5, 0.6) is 5.75 Å². The lowest BCUT2D eigenvalue weighted by molar-refractivity contribution is -0.130. The summed E-state index contributed by atoms with van der Waals surface area (Å²) in [5.41, 5.74) is 3.51. The first kappa shape index (κ1) is 19.0.